The quantitative estimate of drug-likeness (QED) is 0.327. The van der Waals surface area contributed by atoms with E-state index in [1.165, 1.54) is 25.7 Å². The van der Waals surface area contributed by atoms with Crippen molar-refractivity contribution >= 4 is 11.8 Å². The van der Waals surface area contributed by atoms with Crippen LogP contribution in [0.15, 0.2) is 24.3 Å². The molecule has 0 aliphatic carbocycles. The summed E-state index contributed by atoms with van der Waals surface area (Å²) < 4.78 is 11.3. The number of ether oxygens (including phenoxy) is 2. The van der Waals surface area contributed by atoms with Crippen molar-refractivity contribution in [1.29, 1.82) is 0 Å². The maximum absolute atomic E-state index is 12.2. The minimum absolute atomic E-state index is 0.0770. The summed E-state index contributed by atoms with van der Waals surface area (Å²) in [5.74, 6) is 1.63. The van der Waals surface area contributed by atoms with E-state index < -0.39 is 0 Å². The Bertz CT molecular complexity index is 595. The number of amides is 2. The first-order valence-corrected chi connectivity index (χ1v) is 12.4. The fourth-order valence-corrected chi connectivity index (χ4v) is 3.48. The fourth-order valence-electron chi connectivity index (χ4n) is 3.48. The number of hydrogen-bond acceptors (Lipinski definition) is 4. The summed E-state index contributed by atoms with van der Waals surface area (Å²) in [6.45, 7) is 9.86. The molecule has 0 heterocycles. The molecule has 0 spiro atoms. The van der Waals surface area contributed by atoms with Crippen molar-refractivity contribution in [3.8, 4) is 11.5 Å². The van der Waals surface area contributed by atoms with Gasteiger partial charge in [-0.2, -0.15) is 0 Å². The molecule has 2 unspecified atom stereocenters. The largest absolute Gasteiger partial charge is 0.480 e. The maximum Gasteiger partial charge on any atom is 0.257 e. The van der Waals surface area contributed by atoms with Crippen LogP contribution in [0.25, 0.3) is 0 Å². The van der Waals surface area contributed by atoms with Crippen LogP contribution in [-0.4, -0.2) is 38.1 Å². The summed E-state index contributed by atoms with van der Waals surface area (Å²) in [6.07, 6.45) is 9.06. The Morgan fingerprint density at radius 3 is 1.50 bits per heavy atom. The number of nitrogens with one attached hydrogen (secondary N) is 2. The molecule has 0 radical (unpaired) electrons. The molecule has 0 saturated carbocycles. The first-order valence-electron chi connectivity index (χ1n) is 12.4. The first kappa shape index (κ1) is 27.8. The van der Waals surface area contributed by atoms with Gasteiger partial charge in [-0.3, -0.25) is 9.59 Å². The lowest BCUT2D eigenvalue weighted by molar-refractivity contribution is -0.124. The fraction of sp³-hybridized carbons (Fsp3) is 0.692. The van der Waals surface area contributed by atoms with Gasteiger partial charge in [0.15, 0.2) is 24.7 Å². The van der Waals surface area contributed by atoms with Crippen molar-refractivity contribution < 1.29 is 19.1 Å². The van der Waals surface area contributed by atoms with Gasteiger partial charge in [-0.15, -0.1) is 0 Å². The summed E-state index contributed by atoms with van der Waals surface area (Å²) in [5, 5.41) is 5.92. The summed E-state index contributed by atoms with van der Waals surface area (Å²) in [4.78, 5) is 24.4. The Balaban J connectivity index is 2.43. The van der Waals surface area contributed by atoms with E-state index in [1.54, 1.807) is 12.1 Å². The Labute approximate surface area is 194 Å². The van der Waals surface area contributed by atoms with E-state index in [1.807, 2.05) is 12.1 Å². The molecule has 2 atom stereocenters. The number of rotatable bonds is 18. The molecule has 0 fully saturated rings. The molecule has 1 aromatic rings. The Hall–Kier alpha value is -2.24. The van der Waals surface area contributed by atoms with Gasteiger partial charge >= 0.3 is 0 Å². The minimum Gasteiger partial charge on any atom is -0.480 e. The first-order chi connectivity index (χ1) is 15.5. The molecule has 0 bridgehead atoms. The molecule has 0 aliphatic heterocycles. The molecular formula is C26H44N2O4. The molecular weight excluding hydrogens is 404 g/mol. The molecule has 1 rings (SSSR count). The monoisotopic (exact) mass is 448 g/mol. The molecule has 2 amide bonds. The van der Waals surface area contributed by atoms with Crippen LogP contribution in [0.3, 0.4) is 0 Å². The predicted molar refractivity (Wildman–Crippen MR) is 130 cm³/mol. The Kier molecular flexibility index (Phi) is 15.1. The molecule has 0 aliphatic rings. The normalized spacial score (nSPS) is 12.6. The second-order valence-corrected chi connectivity index (χ2v) is 8.47. The highest BCUT2D eigenvalue weighted by Gasteiger charge is 2.13. The van der Waals surface area contributed by atoms with Gasteiger partial charge in [-0.25, -0.2) is 0 Å². The van der Waals surface area contributed by atoms with Crippen LogP contribution >= 0.6 is 0 Å². The van der Waals surface area contributed by atoms with E-state index in [-0.39, 0.29) is 25.0 Å². The Morgan fingerprint density at radius 2 is 1.16 bits per heavy atom. The topological polar surface area (TPSA) is 76.7 Å². The van der Waals surface area contributed by atoms with Crippen LogP contribution in [0, 0.1) is 11.8 Å². The molecule has 0 saturated heterocycles. The van der Waals surface area contributed by atoms with Crippen molar-refractivity contribution in [1.82, 2.24) is 10.6 Å². The third-order valence-corrected chi connectivity index (χ3v) is 5.83. The van der Waals surface area contributed by atoms with Crippen LogP contribution in [0.1, 0.15) is 79.1 Å². The number of unbranched alkanes of at least 4 members (excludes halogenated alkanes) is 2. The maximum atomic E-state index is 12.2. The van der Waals surface area contributed by atoms with Crippen molar-refractivity contribution in [2.45, 2.75) is 79.1 Å². The van der Waals surface area contributed by atoms with Gasteiger partial charge in [0.05, 0.1) is 0 Å². The molecule has 182 valence electrons. The third-order valence-electron chi connectivity index (χ3n) is 5.83. The van der Waals surface area contributed by atoms with Gasteiger partial charge in [-0.05, 0) is 36.8 Å². The highest BCUT2D eigenvalue weighted by molar-refractivity contribution is 5.78. The lowest BCUT2D eigenvalue weighted by Crippen LogP contribution is -2.33. The molecule has 2 N–H and O–H groups in total. The second kappa shape index (κ2) is 17.3. The smallest absolute Gasteiger partial charge is 0.257 e. The van der Waals surface area contributed by atoms with Gasteiger partial charge in [0, 0.05) is 13.1 Å². The van der Waals surface area contributed by atoms with Gasteiger partial charge < -0.3 is 20.1 Å². The van der Waals surface area contributed by atoms with Gasteiger partial charge in [0.25, 0.3) is 11.8 Å². The standard InChI is InChI=1S/C26H44N2O4/c1-5-9-13-21(7-3)17-27-25(29)19-31-23-15-11-12-16-24(23)32-20-26(30)28-18-22(8-4)14-10-6-2/h11-12,15-16,21-22H,5-10,13-14,17-20H2,1-4H3,(H,27,29)(H,28,30). The highest BCUT2D eigenvalue weighted by atomic mass is 16.5. The minimum atomic E-state index is -0.148. The zero-order chi connectivity index (χ0) is 23.6. The van der Waals surface area contributed by atoms with Crippen molar-refractivity contribution in [2.75, 3.05) is 26.3 Å². The van der Waals surface area contributed by atoms with Crippen molar-refractivity contribution in [3.63, 3.8) is 0 Å². The van der Waals surface area contributed by atoms with Crippen LogP contribution in [0.2, 0.25) is 0 Å². The Morgan fingerprint density at radius 1 is 0.750 bits per heavy atom. The molecule has 32 heavy (non-hydrogen) atoms. The van der Waals surface area contributed by atoms with Gasteiger partial charge in [0.1, 0.15) is 0 Å². The summed E-state index contributed by atoms with van der Waals surface area (Å²) in [5.41, 5.74) is 0. The van der Waals surface area contributed by atoms with Gasteiger partial charge in [0.2, 0.25) is 0 Å². The highest BCUT2D eigenvalue weighted by Crippen LogP contribution is 2.26. The molecule has 6 heteroatoms. The number of carbonyl (C=O) groups excluding carboxylic acids is 2. The predicted octanol–water partition coefficient (Wildman–Crippen LogP) is 5.11. The van der Waals surface area contributed by atoms with Crippen LogP contribution in [0.5, 0.6) is 11.5 Å². The van der Waals surface area contributed by atoms with Gasteiger partial charge in [-0.1, -0.05) is 78.4 Å². The van der Waals surface area contributed by atoms with E-state index in [0.717, 1.165) is 25.7 Å². The van der Waals surface area contributed by atoms with E-state index in [2.05, 4.69) is 38.3 Å². The van der Waals surface area contributed by atoms with Crippen LogP contribution < -0.4 is 20.1 Å². The number of benzene rings is 1. The third kappa shape index (κ3) is 12.0. The summed E-state index contributed by atoms with van der Waals surface area (Å²) in [6, 6.07) is 7.12. The van der Waals surface area contributed by atoms with Crippen molar-refractivity contribution in [3.05, 3.63) is 24.3 Å². The number of para-hydroxylation sites is 2. The molecule has 0 aromatic heterocycles. The molecule has 1 aromatic carbocycles. The zero-order valence-electron chi connectivity index (χ0n) is 20.6. The van der Waals surface area contributed by atoms with Crippen LogP contribution in [0.4, 0.5) is 0 Å². The average molecular weight is 449 g/mol. The van der Waals surface area contributed by atoms with Crippen molar-refractivity contribution in [2.24, 2.45) is 11.8 Å². The van der Waals surface area contributed by atoms with E-state index in [0.29, 0.717) is 36.4 Å². The van der Waals surface area contributed by atoms with E-state index in [9.17, 15) is 9.59 Å². The molecule has 6 nitrogen and oxygen atoms in total. The lowest BCUT2D eigenvalue weighted by atomic mass is 9.99. The van der Waals surface area contributed by atoms with E-state index >= 15 is 0 Å². The second-order valence-electron chi connectivity index (χ2n) is 8.47. The number of carbonyl (C=O) groups is 2. The SMILES string of the molecule is CCCCC(CC)CNC(=O)COc1ccccc1OCC(=O)NCC(CC)CCCC. The van der Waals surface area contributed by atoms with Crippen LogP contribution in [-0.2, 0) is 9.59 Å². The lowest BCUT2D eigenvalue weighted by Gasteiger charge is -2.17. The average Bonchev–Trinajstić information content (AvgIpc) is 2.82. The zero-order valence-corrected chi connectivity index (χ0v) is 20.6. The summed E-state index contributed by atoms with van der Waals surface area (Å²) >= 11 is 0. The number of hydrogen-bond donors (Lipinski definition) is 2. The summed E-state index contributed by atoms with van der Waals surface area (Å²) in [7, 11) is 0. The van der Waals surface area contributed by atoms with E-state index in [4.69, 9.17) is 9.47 Å².